The number of carbonyl (C=O) groups excluding carboxylic acids is 1. The van der Waals surface area contributed by atoms with Crippen molar-refractivity contribution in [2.45, 2.75) is 52.1 Å². The lowest BCUT2D eigenvalue weighted by atomic mass is 9.93. The van der Waals surface area contributed by atoms with Gasteiger partial charge in [0.2, 0.25) is 0 Å². The van der Waals surface area contributed by atoms with Crippen molar-refractivity contribution in [1.82, 2.24) is 10.2 Å². The number of hydrogen-bond donors (Lipinski definition) is 1. The van der Waals surface area contributed by atoms with Gasteiger partial charge < -0.3 is 15.0 Å². The van der Waals surface area contributed by atoms with Crippen molar-refractivity contribution in [3.63, 3.8) is 0 Å². The molecular weight excluding hydrogens is 567 g/mol. The van der Waals surface area contributed by atoms with Gasteiger partial charge in [0.15, 0.2) is 0 Å². The van der Waals surface area contributed by atoms with Crippen molar-refractivity contribution < 1.29 is 13.9 Å². The van der Waals surface area contributed by atoms with Crippen LogP contribution in [0.2, 0.25) is 0 Å². The zero-order chi connectivity index (χ0) is 27.8. The molecule has 1 aliphatic heterocycles. The molecule has 1 amide bonds. The van der Waals surface area contributed by atoms with Gasteiger partial charge in [-0.15, -0.1) is 0 Å². The smallest absolute Gasteiger partial charge is 0.250 e. The van der Waals surface area contributed by atoms with Gasteiger partial charge in [0.1, 0.15) is 11.6 Å². The van der Waals surface area contributed by atoms with E-state index in [1.807, 2.05) is 0 Å². The molecule has 2 fully saturated rings. The highest BCUT2D eigenvalue weighted by Crippen LogP contribution is 2.46. The van der Waals surface area contributed by atoms with Crippen LogP contribution in [0.15, 0.2) is 70.7 Å². The highest BCUT2D eigenvalue weighted by molar-refractivity contribution is 9.10. The number of hydrogen-bond acceptors (Lipinski definition) is 3. The second kappa shape index (κ2) is 11.5. The number of aryl methyl sites for hydroxylation is 1. The van der Waals surface area contributed by atoms with E-state index in [1.54, 1.807) is 6.07 Å². The lowest BCUT2D eigenvalue weighted by Gasteiger charge is -2.27. The predicted molar refractivity (Wildman–Crippen MR) is 161 cm³/mol. The van der Waals surface area contributed by atoms with Crippen LogP contribution in [-0.2, 0) is 17.8 Å². The molecule has 1 saturated heterocycles. The maximum absolute atomic E-state index is 14.3. The third-order valence-electron chi connectivity index (χ3n) is 8.88. The van der Waals surface area contributed by atoms with E-state index in [9.17, 15) is 9.18 Å². The normalized spacial score (nSPS) is 20.1. The Hall–Kier alpha value is -2.96. The number of allylic oxidation sites excluding steroid dienone is 1. The molecule has 0 radical (unpaired) electrons. The second-order valence-electron chi connectivity index (χ2n) is 11.5. The molecule has 0 unspecified atom stereocenters. The van der Waals surface area contributed by atoms with Gasteiger partial charge in [0, 0.05) is 43.1 Å². The Bertz CT molecular complexity index is 1450. The lowest BCUT2D eigenvalue weighted by Crippen LogP contribution is -2.36. The van der Waals surface area contributed by atoms with Crippen molar-refractivity contribution in [3.05, 3.63) is 104 Å². The Balaban J connectivity index is 1.22. The number of ether oxygens (including phenoxy) is 1. The largest absolute Gasteiger partial charge is 0.492 e. The lowest BCUT2D eigenvalue weighted by molar-refractivity contribution is -0.128. The summed E-state index contributed by atoms with van der Waals surface area (Å²) in [7, 11) is 0. The molecule has 0 bridgehead atoms. The van der Waals surface area contributed by atoms with Gasteiger partial charge >= 0.3 is 0 Å². The molecule has 1 N–H and O–H groups in total. The van der Waals surface area contributed by atoms with Crippen LogP contribution in [-0.4, -0.2) is 36.5 Å². The molecular formula is C34H36BrFN2O2. The minimum Gasteiger partial charge on any atom is -0.492 e. The molecule has 1 heterocycles. The van der Waals surface area contributed by atoms with Crippen LogP contribution in [0.3, 0.4) is 0 Å². The van der Waals surface area contributed by atoms with E-state index in [0.717, 1.165) is 53.5 Å². The van der Waals surface area contributed by atoms with E-state index in [4.69, 9.17) is 4.74 Å². The number of rotatable bonds is 9. The van der Waals surface area contributed by atoms with Crippen LogP contribution in [0.1, 0.15) is 47.1 Å². The Morgan fingerprint density at radius 1 is 1.07 bits per heavy atom. The van der Waals surface area contributed by atoms with Gasteiger partial charge in [0.25, 0.3) is 5.91 Å². The molecule has 2 aliphatic carbocycles. The Kier molecular flexibility index (Phi) is 7.82. The van der Waals surface area contributed by atoms with Crippen molar-refractivity contribution in [1.29, 1.82) is 0 Å². The first-order chi connectivity index (χ1) is 19.4. The molecule has 3 aromatic rings. The van der Waals surface area contributed by atoms with E-state index < -0.39 is 0 Å². The molecule has 2 atom stereocenters. The zero-order valence-corrected chi connectivity index (χ0v) is 24.8. The summed E-state index contributed by atoms with van der Waals surface area (Å²) in [4.78, 5) is 16.5. The summed E-state index contributed by atoms with van der Waals surface area (Å²) < 4.78 is 20.1. The van der Waals surface area contributed by atoms with Gasteiger partial charge in [-0.2, -0.15) is 0 Å². The molecule has 1 saturated carbocycles. The number of nitrogens with one attached hydrogen (secondary N) is 1. The summed E-state index contributed by atoms with van der Waals surface area (Å²) in [5, 5.41) is 3.54. The van der Waals surface area contributed by atoms with Crippen LogP contribution >= 0.6 is 15.9 Å². The first kappa shape index (κ1) is 27.2. The summed E-state index contributed by atoms with van der Waals surface area (Å²) in [5.74, 6) is 1.19. The standard InChI is InChI=1S/C34H36BrFN2O2/c1-21-4-3-5-25(22(21)2)20-38(28-11-12-28)34(39)33-29(16-26-18-37-19-30(26)33)24-8-6-23(7-9-24)14-15-40-32-17-27(36)10-13-31(32)35/h3-10,13,17,26,28,30,37H,11-12,14-16,18-20H2,1-2H3/t26-,30+/m0/s1. The fourth-order valence-electron chi connectivity index (χ4n) is 6.26. The third-order valence-corrected chi connectivity index (χ3v) is 9.54. The van der Waals surface area contributed by atoms with E-state index >= 15 is 0 Å². The molecule has 6 heteroatoms. The van der Waals surface area contributed by atoms with Gasteiger partial charge in [-0.25, -0.2) is 4.39 Å². The number of nitrogens with zero attached hydrogens (tertiary/aromatic N) is 1. The maximum Gasteiger partial charge on any atom is 0.250 e. The highest BCUT2D eigenvalue weighted by Gasteiger charge is 2.44. The molecule has 6 rings (SSSR count). The Morgan fingerprint density at radius 3 is 2.65 bits per heavy atom. The Morgan fingerprint density at radius 2 is 1.88 bits per heavy atom. The maximum atomic E-state index is 14.3. The summed E-state index contributed by atoms with van der Waals surface area (Å²) in [6.45, 7) is 7.29. The van der Waals surface area contributed by atoms with Crippen LogP contribution in [0.4, 0.5) is 4.39 Å². The summed E-state index contributed by atoms with van der Waals surface area (Å²) in [6, 6.07) is 19.8. The average molecular weight is 604 g/mol. The molecule has 40 heavy (non-hydrogen) atoms. The van der Waals surface area contributed by atoms with Crippen molar-refractivity contribution >= 4 is 27.4 Å². The number of fused-ring (bicyclic) bond motifs is 1. The Labute approximate surface area is 244 Å². The molecule has 0 aromatic heterocycles. The van der Waals surface area contributed by atoms with E-state index in [-0.39, 0.29) is 17.6 Å². The van der Waals surface area contributed by atoms with Gasteiger partial charge in [-0.3, -0.25) is 4.79 Å². The quantitative estimate of drug-likeness (QED) is 0.286. The van der Waals surface area contributed by atoms with Crippen molar-refractivity contribution in [3.8, 4) is 5.75 Å². The van der Waals surface area contributed by atoms with Crippen LogP contribution in [0, 0.1) is 31.5 Å². The predicted octanol–water partition coefficient (Wildman–Crippen LogP) is 7.01. The van der Waals surface area contributed by atoms with Crippen molar-refractivity contribution in [2.24, 2.45) is 11.8 Å². The van der Waals surface area contributed by atoms with Gasteiger partial charge in [0.05, 0.1) is 11.1 Å². The zero-order valence-electron chi connectivity index (χ0n) is 23.2. The van der Waals surface area contributed by atoms with Gasteiger partial charge in [-0.1, -0.05) is 42.5 Å². The fourth-order valence-corrected chi connectivity index (χ4v) is 6.62. The minimum atomic E-state index is -0.313. The first-order valence-electron chi connectivity index (χ1n) is 14.4. The van der Waals surface area contributed by atoms with Gasteiger partial charge in [-0.05, 0) is 107 Å². The molecule has 208 valence electrons. The average Bonchev–Trinajstić information content (AvgIpc) is 3.58. The fraction of sp³-hybridized carbons (Fsp3) is 0.382. The topological polar surface area (TPSA) is 41.6 Å². The minimum absolute atomic E-state index is 0.229. The molecule has 3 aliphatic rings. The summed E-state index contributed by atoms with van der Waals surface area (Å²) in [6.07, 6.45) is 3.84. The number of benzene rings is 3. The van der Waals surface area contributed by atoms with Crippen LogP contribution in [0.5, 0.6) is 5.75 Å². The highest BCUT2D eigenvalue weighted by atomic mass is 79.9. The third kappa shape index (κ3) is 5.61. The number of halogens is 2. The van der Waals surface area contributed by atoms with E-state index in [2.05, 4.69) is 82.5 Å². The molecule has 0 spiro atoms. The first-order valence-corrected chi connectivity index (χ1v) is 15.2. The monoisotopic (exact) mass is 602 g/mol. The van der Waals surface area contributed by atoms with Crippen LogP contribution in [0.25, 0.3) is 5.57 Å². The summed E-state index contributed by atoms with van der Waals surface area (Å²) in [5.41, 5.74) is 8.36. The summed E-state index contributed by atoms with van der Waals surface area (Å²) >= 11 is 3.42. The molecule has 3 aromatic carbocycles. The van der Waals surface area contributed by atoms with Crippen molar-refractivity contribution in [2.75, 3.05) is 19.7 Å². The second-order valence-corrected chi connectivity index (χ2v) is 12.4. The SMILES string of the molecule is Cc1cccc(CN(C(=O)C2=C(c3ccc(CCOc4cc(F)ccc4Br)cc3)C[C@H]3CNC[C@@H]23)C2CC2)c1C. The van der Waals surface area contributed by atoms with E-state index in [0.29, 0.717) is 37.3 Å². The van der Waals surface area contributed by atoms with E-state index in [1.165, 1.54) is 34.4 Å². The van der Waals surface area contributed by atoms with Crippen LogP contribution < -0.4 is 10.1 Å². The number of carbonyl (C=O) groups is 1. The molecule has 4 nitrogen and oxygen atoms in total. The number of amides is 1.